The van der Waals surface area contributed by atoms with Gasteiger partial charge in [-0.05, 0) is 26.9 Å². The van der Waals surface area contributed by atoms with Crippen LogP contribution in [0.15, 0.2) is 0 Å². The van der Waals surface area contributed by atoms with Crippen LogP contribution in [0.3, 0.4) is 0 Å². The maximum Gasteiger partial charge on any atom is 0.187 e. The minimum atomic E-state index is 0.443. The lowest BCUT2D eigenvalue weighted by Gasteiger charge is -2.27. The summed E-state index contributed by atoms with van der Waals surface area (Å²) in [4.78, 5) is 10.1. The molecule has 0 spiro atoms. The van der Waals surface area contributed by atoms with Crippen LogP contribution < -0.4 is 4.90 Å². The predicted molar refractivity (Wildman–Crippen MR) is 75.6 cm³/mol. The molecule has 1 aliphatic heterocycles. The summed E-state index contributed by atoms with van der Waals surface area (Å²) in [5.74, 6) is 0.443. The van der Waals surface area contributed by atoms with Gasteiger partial charge in [0, 0.05) is 19.1 Å². The number of rotatable bonds is 2. The lowest BCUT2D eigenvalue weighted by atomic mass is 10.3. The Bertz CT molecular complexity index is 383. The number of anilines is 1. The van der Waals surface area contributed by atoms with E-state index in [0.717, 1.165) is 36.1 Å². The Balaban J connectivity index is 2.19. The van der Waals surface area contributed by atoms with Crippen LogP contribution in [0.25, 0.3) is 0 Å². The number of nitrogens with zero attached hydrogens (tertiary/aromatic N) is 3. The van der Waals surface area contributed by atoms with Gasteiger partial charge in [-0.15, -0.1) is 11.6 Å². The van der Waals surface area contributed by atoms with Crippen molar-refractivity contribution in [2.24, 2.45) is 0 Å². The molecule has 0 amide bonds. The smallest absolute Gasteiger partial charge is 0.187 e. The van der Waals surface area contributed by atoms with Gasteiger partial charge >= 0.3 is 0 Å². The molecule has 0 aromatic carbocycles. The Morgan fingerprint density at radius 3 is 2.88 bits per heavy atom. The van der Waals surface area contributed by atoms with E-state index in [1.807, 2.05) is 0 Å². The fourth-order valence-electron chi connectivity index (χ4n) is 2.18. The number of aromatic nitrogens is 1. The van der Waals surface area contributed by atoms with Crippen LogP contribution in [0, 0.1) is 0 Å². The van der Waals surface area contributed by atoms with Gasteiger partial charge in [0.1, 0.15) is 5.15 Å². The zero-order valence-corrected chi connectivity index (χ0v) is 12.4. The van der Waals surface area contributed by atoms with Crippen molar-refractivity contribution < 1.29 is 0 Å². The Morgan fingerprint density at radius 2 is 2.24 bits per heavy atom. The van der Waals surface area contributed by atoms with Crippen molar-refractivity contribution >= 4 is 39.7 Å². The molecule has 2 heterocycles. The number of likely N-dealkylation sites (N-methyl/N-ethyl adjacent to an activating group) is 1. The van der Waals surface area contributed by atoms with Gasteiger partial charge in [0.15, 0.2) is 5.13 Å². The van der Waals surface area contributed by atoms with E-state index in [2.05, 4.69) is 28.8 Å². The summed E-state index contributed by atoms with van der Waals surface area (Å²) in [7, 11) is 2.17. The highest BCUT2D eigenvalue weighted by Crippen LogP contribution is 2.32. The lowest BCUT2D eigenvalue weighted by Crippen LogP contribution is -2.37. The van der Waals surface area contributed by atoms with Crippen LogP contribution in [0.5, 0.6) is 0 Å². The molecule has 1 aromatic heterocycles. The van der Waals surface area contributed by atoms with Crippen molar-refractivity contribution in [3.05, 3.63) is 10.0 Å². The summed E-state index contributed by atoms with van der Waals surface area (Å²) in [6, 6.07) is 0.466. The van der Waals surface area contributed by atoms with Crippen LogP contribution >= 0.6 is 34.5 Å². The van der Waals surface area contributed by atoms with E-state index in [4.69, 9.17) is 23.2 Å². The van der Waals surface area contributed by atoms with Gasteiger partial charge in [-0.25, -0.2) is 4.98 Å². The van der Waals surface area contributed by atoms with Crippen LogP contribution in [-0.2, 0) is 5.88 Å². The quantitative estimate of drug-likeness (QED) is 0.781. The molecule has 0 N–H and O–H groups in total. The van der Waals surface area contributed by atoms with Crippen LogP contribution in [-0.4, -0.2) is 42.6 Å². The second kappa shape index (κ2) is 5.74. The van der Waals surface area contributed by atoms with E-state index >= 15 is 0 Å². The highest BCUT2D eigenvalue weighted by Gasteiger charge is 2.23. The predicted octanol–water partition coefficient (Wildman–Crippen LogP) is 3.07. The summed E-state index contributed by atoms with van der Waals surface area (Å²) in [5, 5.41) is 1.57. The van der Waals surface area contributed by atoms with Gasteiger partial charge in [-0.1, -0.05) is 22.9 Å². The molecular formula is C11H17Cl2N3S. The normalized spacial score (nSPS) is 22.8. The second-order valence-corrected chi connectivity index (χ2v) is 6.19. The molecule has 1 atom stereocenters. The van der Waals surface area contributed by atoms with Crippen LogP contribution in [0.4, 0.5) is 5.13 Å². The van der Waals surface area contributed by atoms with Gasteiger partial charge in [0.05, 0.1) is 10.8 Å². The van der Waals surface area contributed by atoms with Crippen molar-refractivity contribution in [1.82, 2.24) is 9.88 Å². The van der Waals surface area contributed by atoms with Gasteiger partial charge in [-0.3, -0.25) is 0 Å². The Morgan fingerprint density at radius 1 is 1.47 bits per heavy atom. The van der Waals surface area contributed by atoms with Gasteiger partial charge in [-0.2, -0.15) is 0 Å². The average Bonchev–Trinajstić information content (AvgIpc) is 2.56. The molecule has 0 radical (unpaired) electrons. The summed E-state index contributed by atoms with van der Waals surface area (Å²) in [6.45, 7) is 5.48. The first-order chi connectivity index (χ1) is 8.11. The molecular weight excluding hydrogens is 277 g/mol. The Labute approximate surface area is 116 Å². The van der Waals surface area contributed by atoms with E-state index in [9.17, 15) is 0 Å². The summed E-state index contributed by atoms with van der Waals surface area (Å²) >= 11 is 13.5. The fraction of sp³-hybridized carbons (Fsp3) is 0.727. The van der Waals surface area contributed by atoms with Crippen LogP contribution in [0.1, 0.15) is 18.2 Å². The summed E-state index contributed by atoms with van der Waals surface area (Å²) in [6.07, 6.45) is 1.16. The molecule has 1 fully saturated rings. The SMILES string of the molecule is CC1CN(C)CCCN1c1nc(Cl)c(CCl)s1. The minimum Gasteiger partial charge on any atom is -0.344 e. The first-order valence-corrected chi connectivity index (χ1v) is 7.51. The van der Waals surface area contributed by atoms with Gasteiger partial charge in [0.25, 0.3) is 0 Å². The molecule has 2 rings (SSSR count). The van der Waals surface area contributed by atoms with E-state index < -0.39 is 0 Å². The number of alkyl halides is 1. The monoisotopic (exact) mass is 293 g/mol. The first-order valence-electron chi connectivity index (χ1n) is 5.78. The zero-order chi connectivity index (χ0) is 12.4. The molecule has 6 heteroatoms. The molecule has 17 heavy (non-hydrogen) atoms. The van der Waals surface area contributed by atoms with Gasteiger partial charge in [0.2, 0.25) is 0 Å². The Kier molecular flexibility index (Phi) is 4.53. The van der Waals surface area contributed by atoms with E-state index in [0.29, 0.717) is 17.1 Å². The molecule has 1 saturated heterocycles. The number of halogens is 2. The third-order valence-electron chi connectivity index (χ3n) is 3.05. The van der Waals surface area contributed by atoms with Crippen molar-refractivity contribution in [3.63, 3.8) is 0 Å². The number of thiazole rings is 1. The first kappa shape index (κ1) is 13.4. The van der Waals surface area contributed by atoms with Crippen molar-refractivity contribution in [1.29, 1.82) is 0 Å². The van der Waals surface area contributed by atoms with E-state index in [1.54, 1.807) is 11.3 Å². The molecule has 1 aromatic rings. The molecule has 0 aliphatic carbocycles. The largest absolute Gasteiger partial charge is 0.344 e. The number of hydrogen-bond donors (Lipinski definition) is 0. The second-order valence-electron chi connectivity index (χ2n) is 4.50. The topological polar surface area (TPSA) is 19.4 Å². The summed E-state index contributed by atoms with van der Waals surface area (Å²) in [5.41, 5.74) is 0. The molecule has 1 unspecified atom stereocenters. The highest BCUT2D eigenvalue weighted by molar-refractivity contribution is 7.16. The summed E-state index contributed by atoms with van der Waals surface area (Å²) < 4.78 is 0. The standard InChI is InChI=1S/C11H17Cl2N3S/c1-8-7-15(2)4-3-5-16(8)11-14-10(13)9(6-12)17-11/h8H,3-7H2,1-2H3. The van der Waals surface area contributed by atoms with Crippen molar-refractivity contribution in [2.75, 3.05) is 31.6 Å². The molecule has 0 saturated carbocycles. The average molecular weight is 294 g/mol. The zero-order valence-electron chi connectivity index (χ0n) is 10.1. The Hall–Kier alpha value is -0.0300. The molecule has 3 nitrogen and oxygen atoms in total. The van der Waals surface area contributed by atoms with E-state index in [1.165, 1.54) is 0 Å². The third-order valence-corrected chi connectivity index (χ3v) is 5.00. The van der Waals surface area contributed by atoms with Crippen LogP contribution in [0.2, 0.25) is 5.15 Å². The van der Waals surface area contributed by atoms with E-state index in [-0.39, 0.29) is 0 Å². The molecule has 0 bridgehead atoms. The van der Waals surface area contributed by atoms with Crippen molar-refractivity contribution in [2.45, 2.75) is 25.3 Å². The van der Waals surface area contributed by atoms with Gasteiger partial charge < -0.3 is 9.80 Å². The number of hydrogen-bond acceptors (Lipinski definition) is 4. The maximum atomic E-state index is 6.06. The molecule has 1 aliphatic rings. The molecule has 96 valence electrons. The third kappa shape index (κ3) is 3.05. The van der Waals surface area contributed by atoms with Crippen molar-refractivity contribution in [3.8, 4) is 0 Å². The highest BCUT2D eigenvalue weighted by atomic mass is 35.5. The minimum absolute atomic E-state index is 0.443. The maximum absolute atomic E-state index is 6.06. The lowest BCUT2D eigenvalue weighted by molar-refractivity contribution is 0.337. The fourth-order valence-corrected chi connectivity index (χ4v) is 3.78.